The molecule has 0 bridgehead atoms. The predicted molar refractivity (Wildman–Crippen MR) is 63.6 cm³/mol. The summed E-state index contributed by atoms with van der Waals surface area (Å²) in [5.74, 6) is 1.28. The Morgan fingerprint density at radius 2 is 2.13 bits per heavy atom. The Balaban J connectivity index is 2.51. The molecule has 1 aromatic rings. The van der Waals surface area contributed by atoms with Crippen LogP contribution in [0.1, 0.15) is 39.4 Å². The molecule has 4 nitrogen and oxygen atoms in total. The van der Waals surface area contributed by atoms with Crippen LogP contribution in [0, 0.1) is 0 Å². The van der Waals surface area contributed by atoms with Crippen LogP contribution in [0.2, 0.25) is 0 Å². The normalized spacial score (nSPS) is 12.1. The lowest BCUT2D eigenvalue weighted by Gasteiger charge is -2.22. The maximum absolute atomic E-state index is 5.31. The summed E-state index contributed by atoms with van der Waals surface area (Å²) < 4.78 is 9.58. The highest BCUT2D eigenvalue weighted by Crippen LogP contribution is 2.18. The molecule has 0 aromatic carbocycles. The molecule has 0 saturated carbocycles. The van der Waals surface area contributed by atoms with Crippen molar-refractivity contribution in [3.05, 3.63) is 5.82 Å². The second-order valence-corrected chi connectivity index (χ2v) is 5.18. The van der Waals surface area contributed by atoms with Crippen molar-refractivity contribution >= 4 is 16.7 Å². The van der Waals surface area contributed by atoms with Crippen molar-refractivity contribution in [1.82, 2.24) is 9.36 Å². The van der Waals surface area contributed by atoms with Crippen molar-refractivity contribution in [2.24, 2.45) is 0 Å². The highest BCUT2D eigenvalue weighted by atomic mass is 32.1. The number of aromatic nitrogens is 2. The Hall–Kier alpha value is -0.680. The SMILES string of the molecule is COC(C)(C)CNc1nc(C(C)C)ns1. The van der Waals surface area contributed by atoms with Gasteiger partial charge in [-0.25, -0.2) is 4.98 Å². The van der Waals surface area contributed by atoms with Gasteiger partial charge in [0.15, 0.2) is 0 Å². The largest absolute Gasteiger partial charge is 0.377 e. The minimum absolute atomic E-state index is 0.177. The molecule has 1 N–H and O–H groups in total. The number of nitrogens with zero attached hydrogens (tertiary/aromatic N) is 2. The molecule has 0 saturated heterocycles. The molecular formula is C10H19N3OS. The van der Waals surface area contributed by atoms with Crippen LogP contribution in [0.4, 0.5) is 5.13 Å². The van der Waals surface area contributed by atoms with E-state index in [9.17, 15) is 0 Å². The van der Waals surface area contributed by atoms with Gasteiger partial charge in [0.05, 0.1) is 5.60 Å². The van der Waals surface area contributed by atoms with Gasteiger partial charge < -0.3 is 10.1 Å². The predicted octanol–water partition coefficient (Wildman–Crippen LogP) is 2.50. The third-order valence-electron chi connectivity index (χ3n) is 2.18. The first kappa shape index (κ1) is 12.4. The van der Waals surface area contributed by atoms with Crippen molar-refractivity contribution in [3.8, 4) is 0 Å². The number of hydrogen-bond donors (Lipinski definition) is 1. The standard InChI is InChI=1S/C10H19N3OS/c1-7(2)8-12-9(15-13-8)11-6-10(3,4)14-5/h7H,6H2,1-5H3,(H,11,12,13). The van der Waals surface area contributed by atoms with Crippen molar-refractivity contribution < 1.29 is 4.74 Å². The number of ether oxygens (including phenoxy) is 1. The Kier molecular flexibility index (Phi) is 4.04. The first-order valence-electron chi connectivity index (χ1n) is 5.07. The summed E-state index contributed by atoms with van der Waals surface area (Å²) in [7, 11) is 1.71. The van der Waals surface area contributed by atoms with E-state index < -0.39 is 0 Å². The lowest BCUT2D eigenvalue weighted by Crippen LogP contribution is -2.32. The Labute approximate surface area is 95.2 Å². The van der Waals surface area contributed by atoms with Crippen LogP contribution in [-0.4, -0.2) is 28.6 Å². The molecule has 0 aliphatic rings. The molecule has 86 valence electrons. The van der Waals surface area contributed by atoms with Crippen molar-refractivity contribution in [2.75, 3.05) is 19.0 Å². The summed E-state index contributed by atoms with van der Waals surface area (Å²) in [4.78, 5) is 4.39. The molecule has 0 amide bonds. The second kappa shape index (κ2) is 4.90. The number of methoxy groups -OCH3 is 1. The molecule has 0 radical (unpaired) electrons. The molecule has 0 spiro atoms. The van der Waals surface area contributed by atoms with Gasteiger partial charge in [-0.1, -0.05) is 13.8 Å². The maximum atomic E-state index is 5.31. The average Bonchev–Trinajstić information content (AvgIpc) is 2.63. The van der Waals surface area contributed by atoms with Gasteiger partial charge >= 0.3 is 0 Å². The van der Waals surface area contributed by atoms with Gasteiger partial charge in [-0.15, -0.1) is 0 Å². The van der Waals surface area contributed by atoms with Crippen molar-refractivity contribution in [2.45, 2.75) is 39.2 Å². The Bertz CT molecular complexity index is 309. The molecule has 0 unspecified atom stereocenters. The topological polar surface area (TPSA) is 47.0 Å². The monoisotopic (exact) mass is 229 g/mol. The van der Waals surface area contributed by atoms with Crippen molar-refractivity contribution in [3.63, 3.8) is 0 Å². The summed E-state index contributed by atoms with van der Waals surface area (Å²) in [5, 5.41) is 4.10. The number of hydrogen-bond acceptors (Lipinski definition) is 5. The van der Waals surface area contributed by atoms with Crippen LogP contribution in [0.25, 0.3) is 0 Å². The molecule has 1 heterocycles. The molecule has 0 aliphatic carbocycles. The second-order valence-electron chi connectivity index (χ2n) is 4.43. The molecule has 0 atom stereocenters. The summed E-state index contributed by atoms with van der Waals surface area (Å²) >= 11 is 1.40. The van der Waals surface area contributed by atoms with Crippen LogP contribution in [0.5, 0.6) is 0 Å². The third kappa shape index (κ3) is 3.76. The van der Waals surface area contributed by atoms with E-state index in [-0.39, 0.29) is 5.60 Å². The quantitative estimate of drug-likeness (QED) is 0.842. The zero-order chi connectivity index (χ0) is 11.5. The summed E-state index contributed by atoms with van der Waals surface area (Å²) in [6.45, 7) is 8.97. The zero-order valence-electron chi connectivity index (χ0n) is 10.00. The molecule has 0 fully saturated rings. The smallest absolute Gasteiger partial charge is 0.202 e. The van der Waals surface area contributed by atoms with Gasteiger partial charge in [0, 0.05) is 31.1 Å². The fourth-order valence-electron chi connectivity index (χ4n) is 0.902. The first-order chi connectivity index (χ1) is 6.94. The Morgan fingerprint density at radius 3 is 2.60 bits per heavy atom. The van der Waals surface area contributed by atoms with Crippen molar-refractivity contribution in [1.29, 1.82) is 0 Å². The highest BCUT2D eigenvalue weighted by molar-refractivity contribution is 7.09. The summed E-state index contributed by atoms with van der Waals surface area (Å²) in [6.07, 6.45) is 0. The van der Waals surface area contributed by atoms with Gasteiger partial charge in [-0.3, -0.25) is 0 Å². The van der Waals surface area contributed by atoms with Crippen LogP contribution in [0.3, 0.4) is 0 Å². The van der Waals surface area contributed by atoms with E-state index in [0.717, 1.165) is 17.5 Å². The fourth-order valence-corrected chi connectivity index (χ4v) is 1.60. The van der Waals surface area contributed by atoms with Gasteiger partial charge in [-0.05, 0) is 13.8 Å². The van der Waals surface area contributed by atoms with E-state index in [1.54, 1.807) is 7.11 Å². The highest BCUT2D eigenvalue weighted by Gasteiger charge is 2.17. The zero-order valence-corrected chi connectivity index (χ0v) is 10.8. The van der Waals surface area contributed by atoms with Gasteiger partial charge in [-0.2, -0.15) is 4.37 Å². The molecule has 1 aromatic heterocycles. The van der Waals surface area contributed by atoms with Gasteiger partial charge in [0.25, 0.3) is 0 Å². The fraction of sp³-hybridized carbons (Fsp3) is 0.800. The van der Waals surface area contributed by atoms with E-state index in [1.165, 1.54) is 11.5 Å². The molecule has 15 heavy (non-hydrogen) atoms. The van der Waals surface area contributed by atoms with Crippen LogP contribution >= 0.6 is 11.5 Å². The number of anilines is 1. The maximum Gasteiger partial charge on any atom is 0.202 e. The van der Waals surface area contributed by atoms with Crippen LogP contribution in [0.15, 0.2) is 0 Å². The number of rotatable bonds is 5. The minimum Gasteiger partial charge on any atom is -0.377 e. The van der Waals surface area contributed by atoms with E-state index >= 15 is 0 Å². The van der Waals surface area contributed by atoms with Crippen LogP contribution in [-0.2, 0) is 4.74 Å². The Morgan fingerprint density at radius 1 is 1.47 bits per heavy atom. The van der Waals surface area contributed by atoms with E-state index in [0.29, 0.717) is 5.92 Å². The van der Waals surface area contributed by atoms with E-state index in [2.05, 4.69) is 28.5 Å². The number of nitrogens with one attached hydrogen (secondary N) is 1. The third-order valence-corrected chi connectivity index (χ3v) is 2.86. The van der Waals surface area contributed by atoms with Gasteiger partial charge in [0.2, 0.25) is 5.13 Å². The molecule has 0 aliphatic heterocycles. The summed E-state index contributed by atoms with van der Waals surface area (Å²) in [6, 6.07) is 0. The molecular weight excluding hydrogens is 210 g/mol. The van der Waals surface area contributed by atoms with E-state index in [4.69, 9.17) is 4.74 Å². The van der Waals surface area contributed by atoms with E-state index in [1.807, 2.05) is 13.8 Å². The molecule has 1 rings (SSSR count). The lowest BCUT2D eigenvalue weighted by molar-refractivity contribution is 0.0344. The molecule has 5 heteroatoms. The lowest BCUT2D eigenvalue weighted by atomic mass is 10.1. The summed E-state index contributed by atoms with van der Waals surface area (Å²) in [5.41, 5.74) is -0.177. The average molecular weight is 229 g/mol. The van der Waals surface area contributed by atoms with Gasteiger partial charge in [0.1, 0.15) is 5.82 Å². The first-order valence-corrected chi connectivity index (χ1v) is 5.84. The van der Waals surface area contributed by atoms with Crippen LogP contribution < -0.4 is 5.32 Å². The minimum atomic E-state index is -0.177.